The third kappa shape index (κ3) is 4.74. The van der Waals surface area contributed by atoms with Gasteiger partial charge < -0.3 is 9.47 Å². The molecule has 0 unspecified atom stereocenters. The highest BCUT2D eigenvalue weighted by Gasteiger charge is 2.11. The third-order valence-corrected chi connectivity index (χ3v) is 5.42. The summed E-state index contributed by atoms with van der Waals surface area (Å²) in [7, 11) is 0. The van der Waals surface area contributed by atoms with Crippen LogP contribution < -0.4 is 4.74 Å². The Labute approximate surface area is 186 Å². The van der Waals surface area contributed by atoms with Gasteiger partial charge in [0.05, 0.1) is 32.2 Å². The monoisotopic (exact) mass is 431 g/mol. The summed E-state index contributed by atoms with van der Waals surface area (Å²) in [5, 5.41) is 8.46. The smallest absolute Gasteiger partial charge is 0.179 e. The lowest BCUT2D eigenvalue weighted by Gasteiger charge is -2.26. The van der Waals surface area contributed by atoms with Crippen molar-refractivity contribution in [1.82, 2.24) is 34.8 Å². The molecule has 1 aliphatic rings. The van der Waals surface area contributed by atoms with Crippen molar-refractivity contribution in [2.45, 2.75) is 13.5 Å². The lowest BCUT2D eigenvalue weighted by Crippen LogP contribution is -2.38. The quantitative estimate of drug-likeness (QED) is 0.440. The topological polar surface area (TPSA) is 91.1 Å². The maximum atomic E-state index is 5.81. The minimum atomic E-state index is 0.573. The Kier molecular flexibility index (Phi) is 6.00. The number of aromatic nitrogens is 6. The van der Waals surface area contributed by atoms with Gasteiger partial charge in [0.1, 0.15) is 12.1 Å². The Morgan fingerprint density at radius 2 is 1.91 bits per heavy atom. The minimum absolute atomic E-state index is 0.573. The molecule has 4 heterocycles. The van der Waals surface area contributed by atoms with Crippen molar-refractivity contribution in [3.05, 3.63) is 60.0 Å². The first kappa shape index (κ1) is 20.5. The molecule has 0 radical (unpaired) electrons. The van der Waals surface area contributed by atoms with Gasteiger partial charge in [-0.25, -0.2) is 19.6 Å². The van der Waals surface area contributed by atoms with Crippen molar-refractivity contribution in [2.24, 2.45) is 0 Å². The van der Waals surface area contributed by atoms with Crippen LogP contribution in [-0.4, -0.2) is 74.3 Å². The van der Waals surface area contributed by atoms with Gasteiger partial charge in [0.2, 0.25) is 0 Å². The highest BCUT2D eigenvalue weighted by molar-refractivity contribution is 5.69. The van der Waals surface area contributed by atoms with Crippen LogP contribution in [0.5, 0.6) is 5.75 Å². The molecule has 1 fully saturated rings. The van der Waals surface area contributed by atoms with Crippen molar-refractivity contribution in [2.75, 3.05) is 39.5 Å². The number of nitrogens with zero attached hydrogens (tertiary/aromatic N) is 7. The zero-order chi connectivity index (χ0) is 21.8. The zero-order valence-corrected chi connectivity index (χ0v) is 18.0. The van der Waals surface area contributed by atoms with Crippen LogP contribution in [0.25, 0.3) is 22.6 Å². The summed E-state index contributed by atoms with van der Waals surface area (Å²) in [6, 6.07) is 12.0. The second-order valence-corrected chi connectivity index (χ2v) is 7.79. The van der Waals surface area contributed by atoms with E-state index < -0.39 is 0 Å². The molecule has 32 heavy (non-hydrogen) atoms. The van der Waals surface area contributed by atoms with Crippen LogP contribution >= 0.6 is 0 Å². The molecule has 0 spiro atoms. The SMILES string of the molecule is Cc1ccc2nnn(Cc3cccc(-c4ncc(OCCN5CCOCC5)cn4)c3)c2n1. The summed E-state index contributed by atoms with van der Waals surface area (Å²) < 4.78 is 13.0. The predicted molar refractivity (Wildman–Crippen MR) is 119 cm³/mol. The van der Waals surface area contributed by atoms with Gasteiger partial charge in [-0.15, -0.1) is 5.10 Å². The first-order valence-corrected chi connectivity index (χ1v) is 10.8. The van der Waals surface area contributed by atoms with E-state index in [1.165, 1.54) is 0 Å². The molecule has 0 aliphatic carbocycles. The number of ether oxygens (including phenoxy) is 2. The van der Waals surface area contributed by atoms with Gasteiger partial charge >= 0.3 is 0 Å². The molecule has 0 amide bonds. The average molecular weight is 432 g/mol. The van der Waals surface area contributed by atoms with Crippen molar-refractivity contribution in [3.8, 4) is 17.1 Å². The minimum Gasteiger partial charge on any atom is -0.489 e. The first-order valence-electron chi connectivity index (χ1n) is 10.8. The molecule has 0 bridgehead atoms. The molecule has 9 nitrogen and oxygen atoms in total. The molecular formula is C23H25N7O2. The molecular weight excluding hydrogens is 406 g/mol. The fraction of sp³-hybridized carbons (Fsp3) is 0.348. The van der Waals surface area contributed by atoms with Gasteiger partial charge in [0.25, 0.3) is 0 Å². The number of rotatable bonds is 7. The molecule has 4 aromatic rings. The van der Waals surface area contributed by atoms with Gasteiger partial charge in [-0.3, -0.25) is 4.90 Å². The summed E-state index contributed by atoms with van der Waals surface area (Å²) in [6.07, 6.45) is 3.46. The normalized spacial score (nSPS) is 14.7. The van der Waals surface area contributed by atoms with Crippen LogP contribution in [0.4, 0.5) is 0 Å². The van der Waals surface area contributed by atoms with Crippen molar-refractivity contribution >= 4 is 11.2 Å². The standard InChI is InChI=1S/C23H25N7O2/c1-17-5-6-21-23(26-17)30(28-27-21)16-18-3-2-4-19(13-18)22-24-14-20(15-25-22)32-12-9-29-7-10-31-11-8-29/h2-6,13-15H,7-12,16H2,1H3. The molecule has 1 aliphatic heterocycles. The number of aryl methyl sites for hydroxylation is 1. The van der Waals surface area contributed by atoms with Gasteiger partial charge in [-0.1, -0.05) is 23.4 Å². The second-order valence-electron chi connectivity index (χ2n) is 7.79. The molecule has 9 heteroatoms. The Hall–Kier alpha value is -3.43. The zero-order valence-electron chi connectivity index (χ0n) is 18.0. The fourth-order valence-electron chi connectivity index (χ4n) is 3.69. The lowest BCUT2D eigenvalue weighted by atomic mass is 10.1. The summed E-state index contributed by atoms with van der Waals surface area (Å²) >= 11 is 0. The number of hydrogen-bond donors (Lipinski definition) is 0. The van der Waals surface area contributed by atoms with E-state index in [1.54, 1.807) is 12.4 Å². The van der Waals surface area contributed by atoms with Gasteiger partial charge in [0, 0.05) is 30.9 Å². The van der Waals surface area contributed by atoms with E-state index >= 15 is 0 Å². The number of morpholine rings is 1. The molecule has 164 valence electrons. The van der Waals surface area contributed by atoms with Gasteiger partial charge in [0.15, 0.2) is 17.2 Å². The summed E-state index contributed by atoms with van der Waals surface area (Å²) in [6.45, 7) is 7.51. The number of hydrogen-bond acceptors (Lipinski definition) is 8. The van der Waals surface area contributed by atoms with E-state index in [4.69, 9.17) is 9.47 Å². The first-order chi connectivity index (χ1) is 15.7. The third-order valence-electron chi connectivity index (χ3n) is 5.42. The maximum Gasteiger partial charge on any atom is 0.179 e. The van der Waals surface area contributed by atoms with Crippen molar-refractivity contribution < 1.29 is 9.47 Å². The Balaban J connectivity index is 1.24. The number of pyridine rings is 1. The molecule has 5 rings (SSSR count). The molecule has 1 saturated heterocycles. The Morgan fingerprint density at radius 3 is 2.75 bits per heavy atom. The maximum absolute atomic E-state index is 5.81. The van der Waals surface area contributed by atoms with Crippen LogP contribution in [0.15, 0.2) is 48.8 Å². The Bertz CT molecular complexity index is 1190. The van der Waals surface area contributed by atoms with E-state index in [0.717, 1.165) is 60.8 Å². The fourth-order valence-corrected chi connectivity index (χ4v) is 3.69. The summed E-state index contributed by atoms with van der Waals surface area (Å²) in [5.41, 5.74) is 4.53. The van der Waals surface area contributed by atoms with E-state index in [9.17, 15) is 0 Å². The Morgan fingerprint density at radius 1 is 1.06 bits per heavy atom. The molecule has 0 saturated carbocycles. The van der Waals surface area contributed by atoms with Crippen molar-refractivity contribution in [1.29, 1.82) is 0 Å². The molecule has 0 N–H and O–H groups in total. The van der Waals surface area contributed by atoms with E-state index in [-0.39, 0.29) is 0 Å². The van der Waals surface area contributed by atoms with Crippen LogP contribution in [0.2, 0.25) is 0 Å². The average Bonchev–Trinajstić information content (AvgIpc) is 3.22. The molecule has 1 aromatic carbocycles. The van der Waals surface area contributed by atoms with E-state index in [0.29, 0.717) is 24.7 Å². The van der Waals surface area contributed by atoms with Gasteiger partial charge in [-0.05, 0) is 30.7 Å². The number of benzene rings is 1. The predicted octanol–water partition coefficient (Wildman–Crippen LogP) is 2.35. The lowest BCUT2D eigenvalue weighted by molar-refractivity contribution is 0.0322. The van der Waals surface area contributed by atoms with Crippen LogP contribution in [0, 0.1) is 6.92 Å². The van der Waals surface area contributed by atoms with Gasteiger partial charge in [-0.2, -0.15) is 0 Å². The van der Waals surface area contributed by atoms with E-state index in [2.05, 4.69) is 42.3 Å². The van der Waals surface area contributed by atoms with Crippen LogP contribution in [0.3, 0.4) is 0 Å². The highest BCUT2D eigenvalue weighted by atomic mass is 16.5. The largest absolute Gasteiger partial charge is 0.489 e. The second kappa shape index (κ2) is 9.37. The number of fused-ring (bicyclic) bond motifs is 1. The van der Waals surface area contributed by atoms with Crippen LogP contribution in [-0.2, 0) is 11.3 Å². The molecule has 0 atom stereocenters. The summed E-state index contributed by atoms with van der Waals surface area (Å²) in [5.74, 6) is 1.33. The van der Waals surface area contributed by atoms with E-state index in [1.807, 2.05) is 35.9 Å². The van der Waals surface area contributed by atoms with Crippen molar-refractivity contribution in [3.63, 3.8) is 0 Å². The highest BCUT2D eigenvalue weighted by Crippen LogP contribution is 2.19. The summed E-state index contributed by atoms with van der Waals surface area (Å²) in [4.78, 5) is 15.9. The molecule has 3 aromatic heterocycles. The van der Waals surface area contributed by atoms with Crippen LogP contribution in [0.1, 0.15) is 11.3 Å².